The molecule has 4 aromatic rings. The van der Waals surface area contributed by atoms with E-state index in [1.165, 1.54) is 0 Å². The van der Waals surface area contributed by atoms with Gasteiger partial charge in [-0.2, -0.15) is 5.26 Å². The van der Waals surface area contributed by atoms with Crippen LogP contribution in [0.3, 0.4) is 0 Å². The van der Waals surface area contributed by atoms with E-state index in [1.807, 2.05) is 59.5 Å². The molecule has 0 radical (unpaired) electrons. The number of amides is 1. The molecule has 1 aliphatic heterocycles. The van der Waals surface area contributed by atoms with E-state index < -0.39 is 0 Å². The predicted molar refractivity (Wildman–Crippen MR) is 139 cm³/mol. The molecule has 1 saturated heterocycles. The van der Waals surface area contributed by atoms with E-state index in [1.54, 1.807) is 6.20 Å². The molecule has 8 heteroatoms. The summed E-state index contributed by atoms with van der Waals surface area (Å²) in [4.78, 5) is 29.6. The lowest BCUT2D eigenvalue weighted by atomic mass is 10.1. The maximum absolute atomic E-state index is 12.9. The number of imidazole rings is 1. The number of hydrogen-bond donors (Lipinski definition) is 1. The number of hydrogen-bond acceptors (Lipinski definition) is 6. The molecule has 2 aromatic carbocycles. The van der Waals surface area contributed by atoms with Crippen molar-refractivity contribution >= 4 is 17.1 Å². The summed E-state index contributed by atoms with van der Waals surface area (Å²) in [7, 11) is 2.08. The maximum atomic E-state index is 12.9. The number of nitrogens with zero attached hydrogens (tertiary/aromatic N) is 5. The van der Waals surface area contributed by atoms with Crippen LogP contribution in [0, 0.1) is 11.3 Å². The van der Waals surface area contributed by atoms with Gasteiger partial charge in [-0.25, -0.2) is 9.97 Å². The summed E-state index contributed by atoms with van der Waals surface area (Å²) in [6, 6.07) is 19.6. The third-order valence-corrected chi connectivity index (χ3v) is 6.43. The SMILES string of the molecule is CN1CCN(C(=O)c2ccc(-c3nc4nccc(-c5cccc(OCCCC#N)c5)c4[nH]3)cc2)CC1. The molecule has 0 saturated carbocycles. The number of fused-ring (bicyclic) bond motifs is 1. The van der Waals surface area contributed by atoms with Crippen LogP contribution in [-0.2, 0) is 0 Å². The minimum atomic E-state index is 0.0675. The fourth-order valence-electron chi connectivity index (χ4n) is 4.35. The van der Waals surface area contributed by atoms with Crippen LogP contribution in [0.15, 0.2) is 60.8 Å². The highest BCUT2D eigenvalue weighted by atomic mass is 16.5. The fourth-order valence-corrected chi connectivity index (χ4v) is 4.35. The van der Waals surface area contributed by atoms with E-state index >= 15 is 0 Å². The highest BCUT2D eigenvalue weighted by Gasteiger charge is 2.20. The second kappa shape index (κ2) is 10.6. The molecule has 0 bridgehead atoms. The van der Waals surface area contributed by atoms with Crippen LogP contribution in [0.4, 0.5) is 0 Å². The third kappa shape index (κ3) is 5.07. The summed E-state index contributed by atoms with van der Waals surface area (Å²) in [6.45, 7) is 3.80. The number of aromatic nitrogens is 3. The summed E-state index contributed by atoms with van der Waals surface area (Å²) >= 11 is 0. The van der Waals surface area contributed by atoms with Gasteiger partial charge in [-0.1, -0.05) is 24.3 Å². The number of ether oxygens (including phenoxy) is 1. The number of nitrogens with one attached hydrogen (secondary N) is 1. The molecule has 5 rings (SSSR count). The normalized spacial score (nSPS) is 14.1. The van der Waals surface area contributed by atoms with Crippen molar-refractivity contribution in [2.75, 3.05) is 39.8 Å². The third-order valence-electron chi connectivity index (χ3n) is 6.43. The lowest BCUT2D eigenvalue weighted by molar-refractivity contribution is 0.0664. The first-order chi connectivity index (χ1) is 17.6. The molecular weight excluding hydrogens is 452 g/mol. The standard InChI is InChI=1S/C28H28N6O2/c1-33-14-16-34(17-15-33)28(35)21-9-7-20(8-10-21)26-31-25-24(11-13-30-27(25)32-26)22-5-4-6-23(19-22)36-18-3-2-12-29/h4-11,13,19H,2-3,14-18H2,1H3,(H,30,31,32). The van der Waals surface area contributed by atoms with Gasteiger partial charge in [0.2, 0.25) is 0 Å². The van der Waals surface area contributed by atoms with Gasteiger partial charge in [-0.3, -0.25) is 4.79 Å². The lowest BCUT2D eigenvalue weighted by Crippen LogP contribution is -2.47. The molecule has 36 heavy (non-hydrogen) atoms. The molecule has 3 heterocycles. The molecule has 1 amide bonds. The molecule has 0 atom stereocenters. The second-order valence-corrected chi connectivity index (χ2v) is 8.95. The van der Waals surface area contributed by atoms with E-state index in [0.29, 0.717) is 36.5 Å². The number of benzene rings is 2. The van der Waals surface area contributed by atoms with E-state index in [0.717, 1.165) is 54.1 Å². The summed E-state index contributed by atoms with van der Waals surface area (Å²) < 4.78 is 5.81. The lowest BCUT2D eigenvalue weighted by Gasteiger charge is -2.32. The van der Waals surface area contributed by atoms with Gasteiger partial charge in [0.15, 0.2) is 5.65 Å². The van der Waals surface area contributed by atoms with Gasteiger partial charge in [-0.05, 0) is 49.4 Å². The Kier molecular flexibility index (Phi) is 6.92. The van der Waals surface area contributed by atoms with E-state index in [4.69, 9.17) is 15.0 Å². The highest BCUT2D eigenvalue weighted by Crippen LogP contribution is 2.30. The topological polar surface area (TPSA) is 98.1 Å². The van der Waals surface area contributed by atoms with Gasteiger partial charge >= 0.3 is 0 Å². The maximum Gasteiger partial charge on any atom is 0.253 e. The highest BCUT2D eigenvalue weighted by molar-refractivity contribution is 5.95. The molecule has 8 nitrogen and oxygen atoms in total. The number of piperazine rings is 1. The van der Waals surface area contributed by atoms with Gasteiger partial charge < -0.3 is 19.5 Å². The summed E-state index contributed by atoms with van der Waals surface area (Å²) in [5.41, 5.74) is 5.01. The average molecular weight is 481 g/mol. The van der Waals surface area contributed by atoms with Crippen LogP contribution in [0.1, 0.15) is 23.2 Å². The quantitative estimate of drug-likeness (QED) is 0.395. The van der Waals surface area contributed by atoms with Gasteiger partial charge in [-0.15, -0.1) is 0 Å². The van der Waals surface area contributed by atoms with Crippen molar-refractivity contribution in [2.24, 2.45) is 0 Å². The molecule has 2 aromatic heterocycles. The Morgan fingerprint density at radius 2 is 1.89 bits per heavy atom. The first-order valence-electron chi connectivity index (χ1n) is 12.2. The molecule has 1 N–H and O–H groups in total. The molecule has 1 aliphatic rings. The summed E-state index contributed by atoms with van der Waals surface area (Å²) in [6.07, 6.45) is 2.93. The number of pyridine rings is 1. The van der Waals surface area contributed by atoms with Gasteiger partial charge in [0.25, 0.3) is 5.91 Å². The Balaban J connectivity index is 1.37. The smallest absolute Gasteiger partial charge is 0.253 e. The number of unbranched alkanes of at least 4 members (excludes halogenated alkanes) is 1. The number of likely N-dealkylation sites (N-methyl/N-ethyl adjacent to an activating group) is 1. The number of aromatic amines is 1. The number of carbonyl (C=O) groups is 1. The fraction of sp³-hybridized carbons (Fsp3) is 0.286. The van der Waals surface area contributed by atoms with E-state index in [2.05, 4.69) is 28.0 Å². The minimum Gasteiger partial charge on any atom is -0.494 e. The molecule has 0 aliphatic carbocycles. The number of rotatable bonds is 7. The van der Waals surface area contributed by atoms with Gasteiger partial charge in [0, 0.05) is 55.5 Å². The first-order valence-corrected chi connectivity index (χ1v) is 12.2. The van der Waals surface area contributed by atoms with Crippen LogP contribution in [0.2, 0.25) is 0 Å². The van der Waals surface area contributed by atoms with E-state index in [9.17, 15) is 4.79 Å². The van der Waals surface area contributed by atoms with Crippen LogP contribution in [-0.4, -0.2) is 70.5 Å². The van der Waals surface area contributed by atoms with Crippen molar-refractivity contribution in [1.82, 2.24) is 24.8 Å². The predicted octanol–water partition coefficient (Wildman–Crippen LogP) is 4.36. The zero-order chi connectivity index (χ0) is 24.9. The Morgan fingerprint density at radius 3 is 2.67 bits per heavy atom. The largest absolute Gasteiger partial charge is 0.494 e. The zero-order valence-corrected chi connectivity index (χ0v) is 20.3. The molecule has 0 unspecified atom stereocenters. The van der Waals surface area contributed by atoms with Crippen molar-refractivity contribution in [1.29, 1.82) is 5.26 Å². The number of H-pyrrole nitrogens is 1. The number of nitriles is 1. The van der Waals surface area contributed by atoms with Crippen LogP contribution in [0.5, 0.6) is 5.75 Å². The van der Waals surface area contributed by atoms with Crippen molar-refractivity contribution in [3.05, 3.63) is 66.4 Å². The molecular formula is C28H28N6O2. The van der Waals surface area contributed by atoms with Crippen molar-refractivity contribution in [3.8, 4) is 34.3 Å². The molecule has 0 spiro atoms. The number of carbonyl (C=O) groups excluding carboxylic acids is 1. The average Bonchev–Trinajstić information content (AvgIpc) is 3.36. The molecule has 182 valence electrons. The Labute approximate surface area is 210 Å². The molecule has 1 fully saturated rings. The van der Waals surface area contributed by atoms with Crippen molar-refractivity contribution < 1.29 is 9.53 Å². The Morgan fingerprint density at radius 1 is 1.08 bits per heavy atom. The van der Waals surface area contributed by atoms with Crippen molar-refractivity contribution in [2.45, 2.75) is 12.8 Å². The van der Waals surface area contributed by atoms with Gasteiger partial charge in [0.1, 0.15) is 11.6 Å². The van der Waals surface area contributed by atoms with Crippen LogP contribution >= 0.6 is 0 Å². The Hall–Kier alpha value is -4.22. The van der Waals surface area contributed by atoms with E-state index in [-0.39, 0.29) is 5.91 Å². The van der Waals surface area contributed by atoms with Crippen molar-refractivity contribution in [3.63, 3.8) is 0 Å². The van der Waals surface area contributed by atoms with Gasteiger partial charge in [0.05, 0.1) is 18.2 Å². The van der Waals surface area contributed by atoms with Crippen LogP contribution < -0.4 is 4.74 Å². The zero-order valence-electron chi connectivity index (χ0n) is 20.3. The monoisotopic (exact) mass is 480 g/mol. The Bertz CT molecular complexity index is 1400. The van der Waals surface area contributed by atoms with Crippen LogP contribution in [0.25, 0.3) is 33.7 Å². The summed E-state index contributed by atoms with van der Waals surface area (Å²) in [5.74, 6) is 1.53. The minimum absolute atomic E-state index is 0.0675. The first kappa shape index (κ1) is 23.5. The summed E-state index contributed by atoms with van der Waals surface area (Å²) in [5, 5.41) is 8.70. The second-order valence-electron chi connectivity index (χ2n) is 8.95.